The molecule has 1 saturated carbocycles. The van der Waals surface area contributed by atoms with Gasteiger partial charge in [-0.05, 0) is 45.1 Å². The Kier molecular flexibility index (Phi) is 15.4. The molecule has 5 heteroatoms. The maximum atomic E-state index is 10.7. The molecule has 0 aromatic carbocycles. The lowest BCUT2D eigenvalue weighted by atomic mass is 9.85. The predicted molar refractivity (Wildman–Crippen MR) is 124 cm³/mol. The number of hydrogen-bond donors (Lipinski definition) is 0. The zero-order chi connectivity index (χ0) is 22.9. The first-order chi connectivity index (χ1) is 14.6. The van der Waals surface area contributed by atoms with Crippen molar-refractivity contribution in [2.24, 2.45) is 5.92 Å². The maximum absolute atomic E-state index is 10.7. The Morgan fingerprint density at radius 1 is 1.27 bits per heavy atom. The normalized spacial score (nSPS) is 18.7. The van der Waals surface area contributed by atoms with E-state index in [2.05, 4.69) is 11.6 Å². The molecule has 170 valence electrons. The molecule has 5 nitrogen and oxygen atoms in total. The zero-order valence-corrected chi connectivity index (χ0v) is 20.0. The summed E-state index contributed by atoms with van der Waals surface area (Å²) in [6, 6.07) is 0. The Hall–Kier alpha value is -2.14. The van der Waals surface area contributed by atoms with Gasteiger partial charge in [-0.3, -0.25) is 0 Å². The molecule has 0 spiro atoms. The van der Waals surface area contributed by atoms with E-state index in [-0.39, 0.29) is 6.10 Å². The topological polar surface area (TPSA) is 61.6 Å². The molecule has 1 heterocycles. The summed E-state index contributed by atoms with van der Waals surface area (Å²) in [6.45, 7) is 16.1. The van der Waals surface area contributed by atoms with Crippen LogP contribution < -0.4 is 0 Å². The number of aromatic nitrogens is 1. The van der Waals surface area contributed by atoms with Crippen LogP contribution in [0.3, 0.4) is 0 Å². The van der Waals surface area contributed by atoms with Crippen LogP contribution >= 0.6 is 0 Å². The van der Waals surface area contributed by atoms with E-state index in [0.717, 1.165) is 49.0 Å². The Morgan fingerprint density at radius 3 is 2.57 bits per heavy atom. The third-order valence-corrected chi connectivity index (χ3v) is 4.68. The van der Waals surface area contributed by atoms with E-state index in [9.17, 15) is 4.79 Å². The lowest BCUT2D eigenvalue weighted by molar-refractivity contribution is -0.109. The predicted octanol–water partition coefficient (Wildman–Crippen LogP) is 6.82. The second-order valence-electron chi connectivity index (χ2n) is 6.66. The van der Waals surface area contributed by atoms with E-state index >= 15 is 0 Å². The van der Waals surface area contributed by atoms with Crippen LogP contribution in [0.25, 0.3) is 5.57 Å². The first kappa shape index (κ1) is 27.9. The number of aldehydes is 1. The highest BCUT2D eigenvalue weighted by Gasteiger charge is 2.23. The molecule has 0 aliphatic heterocycles. The molecule has 1 fully saturated rings. The van der Waals surface area contributed by atoms with Crippen molar-refractivity contribution in [1.82, 2.24) is 4.98 Å². The SMILES string of the molecule is C=C(/C=C(\C=C/C)c1nc(COC2CCCC(CC=O)C2)c(C)o1)OC.CC.CC. The summed E-state index contributed by atoms with van der Waals surface area (Å²) in [6.07, 6.45) is 11.7. The fraction of sp³-hybridized carbons (Fsp3) is 0.600. The van der Waals surface area contributed by atoms with Gasteiger partial charge in [-0.15, -0.1) is 0 Å². The molecule has 0 radical (unpaired) electrons. The number of methoxy groups -OCH3 is 1. The molecule has 2 unspecified atom stereocenters. The van der Waals surface area contributed by atoms with E-state index in [4.69, 9.17) is 13.9 Å². The summed E-state index contributed by atoms with van der Waals surface area (Å²) < 4.78 is 17.0. The molecule has 1 aromatic heterocycles. The van der Waals surface area contributed by atoms with Gasteiger partial charge in [-0.25, -0.2) is 4.98 Å². The molecular weight excluding hydrogens is 378 g/mol. The van der Waals surface area contributed by atoms with Crippen molar-refractivity contribution >= 4 is 11.9 Å². The van der Waals surface area contributed by atoms with Crippen LogP contribution in [-0.4, -0.2) is 24.5 Å². The van der Waals surface area contributed by atoms with Crippen molar-refractivity contribution in [2.75, 3.05) is 7.11 Å². The maximum Gasteiger partial charge on any atom is 0.226 e. The summed E-state index contributed by atoms with van der Waals surface area (Å²) in [5.74, 6) is 2.26. The molecule has 2 atom stereocenters. The average molecular weight is 420 g/mol. The second kappa shape index (κ2) is 16.6. The minimum Gasteiger partial charge on any atom is -0.497 e. The highest BCUT2D eigenvalue weighted by atomic mass is 16.5. The number of allylic oxidation sites excluding steroid dienone is 4. The van der Waals surface area contributed by atoms with Crippen molar-refractivity contribution in [3.8, 4) is 0 Å². The lowest BCUT2D eigenvalue weighted by Crippen LogP contribution is -2.23. The van der Waals surface area contributed by atoms with Crippen molar-refractivity contribution in [1.29, 1.82) is 0 Å². The molecular formula is C25H41NO4. The molecule has 30 heavy (non-hydrogen) atoms. The minimum absolute atomic E-state index is 0.187. The van der Waals surface area contributed by atoms with Crippen molar-refractivity contribution < 1.29 is 18.7 Å². The summed E-state index contributed by atoms with van der Waals surface area (Å²) in [5.41, 5.74) is 1.60. The van der Waals surface area contributed by atoms with Gasteiger partial charge in [0.05, 0.1) is 19.8 Å². The number of ether oxygens (including phenoxy) is 2. The van der Waals surface area contributed by atoms with Crippen molar-refractivity contribution in [3.63, 3.8) is 0 Å². The molecule has 0 amide bonds. The quantitative estimate of drug-likeness (QED) is 0.250. The van der Waals surface area contributed by atoms with Gasteiger partial charge in [0, 0.05) is 12.0 Å². The minimum atomic E-state index is 0.187. The molecule has 0 N–H and O–H groups in total. The molecule has 1 aliphatic rings. The number of carbonyl (C=O) groups excluding carboxylic acids is 1. The van der Waals surface area contributed by atoms with E-state index in [1.54, 1.807) is 13.2 Å². The van der Waals surface area contributed by atoms with Gasteiger partial charge in [-0.2, -0.15) is 0 Å². The smallest absolute Gasteiger partial charge is 0.226 e. The number of rotatable bonds is 9. The molecule has 0 saturated heterocycles. The Bertz CT molecular complexity index is 673. The summed E-state index contributed by atoms with van der Waals surface area (Å²) in [5, 5.41) is 0. The fourth-order valence-corrected chi connectivity index (χ4v) is 3.22. The van der Waals surface area contributed by atoms with E-state index in [0.29, 0.717) is 30.6 Å². The van der Waals surface area contributed by atoms with Crippen LogP contribution in [0.1, 0.15) is 84.1 Å². The Labute approximate surface area is 183 Å². The summed E-state index contributed by atoms with van der Waals surface area (Å²) in [4.78, 5) is 15.3. The largest absolute Gasteiger partial charge is 0.497 e. The molecule has 2 rings (SSSR count). The van der Waals surface area contributed by atoms with Gasteiger partial charge in [0.25, 0.3) is 0 Å². The second-order valence-corrected chi connectivity index (χ2v) is 6.66. The number of carbonyl (C=O) groups is 1. The van der Waals surface area contributed by atoms with E-state index in [1.807, 2.05) is 53.7 Å². The number of hydrogen-bond acceptors (Lipinski definition) is 5. The van der Waals surface area contributed by atoms with Crippen LogP contribution in [0, 0.1) is 12.8 Å². The van der Waals surface area contributed by atoms with Crippen LogP contribution in [-0.2, 0) is 20.9 Å². The van der Waals surface area contributed by atoms with Gasteiger partial charge in [0.2, 0.25) is 5.89 Å². The number of aryl methyl sites for hydroxylation is 1. The Morgan fingerprint density at radius 2 is 1.97 bits per heavy atom. The third-order valence-electron chi connectivity index (χ3n) is 4.68. The highest BCUT2D eigenvalue weighted by molar-refractivity contribution is 5.70. The fourth-order valence-electron chi connectivity index (χ4n) is 3.22. The summed E-state index contributed by atoms with van der Waals surface area (Å²) >= 11 is 0. The van der Waals surface area contributed by atoms with Crippen LogP contribution in [0.2, 0.25) is 0 Å². The molecule has 0 bridgehead atoms. The monoisotopic (exact) mass is 419 g/mol. The lowest BCUT2D eigenvalue weighted by Gasteiger charge is -2.27. The molecule has 1 aliphatic carbocycles. The van der Waals surface area contributed by atoms with E-state index < -0.39 is 0 Å². The number of nitrogens with zero attached hydrogens (tertiary/aromatic N) is 1. The number of oxazole rings is 1. The molecule has 1 aromatic rings. The standard InChI is InChI=1S/C21H29NO4.2C2H6/c1-5-7-18(12-15(2)24-4)21-22-20(16(3)26-21)14-25-19-9-6-8-17(13-19)10-11-23;2*1-2/h5,7,11-12,17,19H,2,6,8-10,13-14H2,1,3-4H3;2*1-2H3/b7-5-,18-12+;;. The van der Waals surface area contributed by atoms with Crippen LogP contribution in [0.5, 0.6) is 0 Å². The Balaban J connectivity index is 0.00000198. The average Bonchev–Trinajstić information content (AvgIpc) is 3.15. The zero-order valence-electron chi connectivity index (χ0n) is 20.0. The van der Waals surface area contributed by atoms with Gasteiger partial charge < -0.3 is 18.7 Å². The first-order valence-electron chi connectivity index (χ1n) is 11.2. The highest BCUT2D eigenvalue weighted by Crippen LogP contribution is 2.29. The van der Waals surface area contributed by atoms with Gasteiger partial charge >= 0.3 is 0 Å². The first-order valence-corrected chi connectivity index (χ1v) is 11.2. The van der Waals surface area contributed by atoms with Crippen molar-refractivity contribution in [3.05, 3.63) is 47.9 Å². The third kappa shape index (κ3) is 9.57. The van der Waals surface area contributed by atoms with Gasteiger partial charge in [0.15, 0.2) is 0 Å². The summed E-state index contributed by atoms with van der Waals surface area (Å²) in [7, 11) is 1.58. The van der Waals surface area contributed by atoms with E-state index in [1.165, 1.54) is 0 Å². The van der Waals surface area contributed by atoms with Gasteiger partial charge in [0.1, 0.15) is 23.5 Å². The van der Waals surface area contributed by atoms with Crippen molar-refractivity contribution in [2.45, 2.75) is 86.4 Å². The van der Waals surface area contributed by atoms with Gasteiger partial charge in [-0.1, -0.05) is 52.8 Å². The van der Waals surface area contributed by atoms with Crippen LogP contribution in [0.4, 0.5) is 0 Å². The van der Waals surface area contributed by atoms with Crippen LogP contribution in [0.15, 0.2) is 35.0 Å².